The second-order valence-corrected chi connectivity index (χ2v) is 7.21. The molecule has 0 fully saturated rings. The summed E-state index contributed by atoms with van der Waals surface area (Å²) in [6, 6.07) is 2.24. The predicted octanol–water partition coefficient (Wildman–Crippen LogP) is 3.06. The third-order valence-corrected chi connectivity index (χ3v) is 4.36. The van der Waals surface area contributed by atoms with E-state index in [1.54, 1.807) is 16.2 Å². The highest BCUT2D eigenvalue weighted by molar-refractivity contribution is 7.12. The molecule has 0 radical (unpaired) electrons. The lowest BCUT2D eigenvalue weighted by atomic mass is 10.1. The molecule has 0 aromatic carbocycles. The molecule has 0 aliphatic carbocycles. The normalized spacial score (nSPS) is 17.0. The molecule has 0 saturated heterocycles. The van der Waals surface area contributed by atoms with Crippen molar-refractivity contribution in [3.8, 4) is 0 Å². The van der Waals surface area contributed by atoms with Gasteiger partial charge in [0.1, 0.15) is 5.60 Å². The molecule has 1 atom stereocenters. The van der Waals surface area contributed by atoms with Crippen molar-refractivity contribution in [1.82, 2.24) is 4.90 Å². The highest BCUT2D eigenvalue weighted by Gasteiger charge is 2.27. The maximum absolute atomic E-state index is 12.0. The molecule has 0 saturated carbocycles. The van der Waals surface area contributed by atoms with E-state index in [9.17, 15) is 4.79 Å². The number of ether oxygens (including phenoxy) is 1. The van der Waals surface area contributed by atoms with Crippen LogP contribution in [0.2, 0.25) is 0 Å². The van der Waals surface area contributed by atoms with Gasteiger partial charge < -0.3 is 15.4 Å². The summed E-state index contributed by atoms with van der Waals surface area (Å²) >= 11 is 1.71. The Morgan fingerprint density at radius 3 is 2.79 bits per heavy atom. The number of carbonyl (C=O) groups excluding carboxylic acids is 1. The Bertz CT molecular complexity index is 474. The molecule has 2 rings (SSSR count). The van der Waals surface area contributed by atoms with Crippen molar-refractivity contribution in [3.63, 3.8) is 0 Å². The summed E-state index contributed by atoms with van der Waals surface area (Å²) in [5.74, 6) is 0. The van der Waals surface area contributed by atoms with Gasteiger partial charge >= 0.3 is 6.09 Å². The summed E-state index contributed by atoms with van der Waals surface area (Å²) in [4.78, 5) is 16.3. The minimum atomic E-state index is -0.441. The monoisotopic (exact) mass is 282 g/mol. The van der Waals surface area contributed by atoms with Crippen LogP contribution in [-0.4, -0.2) is 23.1 Å². The molecule has 106 valence electrons. The van der Waals surface area contributed by atoms with Crippen molar-refractivity contribution in [1.29, 1.82) is 0 Å². The molecule has 1 aliphatic rings. The van der Waals surface area contributed by atoms with Gasteiger partial charge in [-0.25, -0.2) is 4.79 Å². The first-order valence-electron chi connectivity index (χ1n) is 6.61. The van der Waals surface area contributed by atoms with Gasteiger partial charge in [-0.05, 0) is 45.7 Å². The Balaban J connectivity index is 2.07. The van der Waals surface area contributed by atoms with E-state index in [-0.39, 0.29) is 12.1 Å². The van der Waals surface area contributed by atoms with Crippen LogP contribution in [-0.2, 0) is 17.7 Å². The lowest BCUT2D eigenvalue weighted by molar-refractivity contribution is 0.0226. The Morgan fingerprint density at radius 1 is 1.53 bits per heavy atom. The summed E-state index contributed by atoms with van der Waals surface area (Å²) in [5, 5.41) is 0. The number of hydrogen-bond donors (Lipinski definition) is 1. The van der Waals surface area contributed by atoms with Gasteiger partial charge in [0.25, 0.3) is 0 Å². The van der Waals surface area contributed by atoms with Crippen LogP contribution >= 0.6 is 11.3 Å². The van der Waals surface area contributed by atoms with E-state index in [1.165, 1.54) is 15.3 Å². The van der Waals surface area contributed by atoms with Crippen LogP contribution < -0.4 is 5.73 Å². The van der Waals surface area contributed by atoms with E-state index in [2.05, 4.69) is 6.07 Å². The second-order valence-electron chi connectivity index (χ2n) is 6.04. The number of nitrogens with two attached hydrogens (primary N) is 1. The number of fused-ring (bicyclic) bond motifs is 1. The van der Waals surface area contributed by atoms with E-state index in [4.69, 9.17) is 10.5 Å². The number of rotatable bonds is 1. The number of nitrogens with zero attached hydrogens (tertiary/aromatic N) is 1. The van der Waals surface area contributed by atoms with Crippen molar-refractivity contribution in [2.24, 2.45) is 5.73 Å². The number of hydrogen-bond acceptors (Lipinski definition) is 4. The van der Waals surface area contributed by atoms with Gasteiger partial charge in [0.15, 0.2) is 0 Å². The maximum atomic E-state index is 12.0. The fourth-order valence-electron chi connectivity index (χ4n) is 2.05. The van der Waals surface area contributed by atoms with Crippen molar-refractivity contribution < 1.29 is 9.53 Å². The second kappa shape index (κ2) is 5.13. The lowest BCUT2D eigenvalue weighted by Crippen LogP contribution is -2.39. The zero-order valence-electron chi connectivity index (χ0n) is 12.0. The summed E-state index contributed by atoms with van der Waals surface area (Å²) in [7, 11) is 0. The highest BCUT2D eigenvalue weighted by atomic mass is 32.1. The molecule has 0 unspecified atom stereocenters. The smallest absolute Gasteiger partial charge is 0.410 e. The van der Waals surface area contributed by atoms with Gasteiger partial charge in [-0.1, -0.05) is 0 Å². The lowest BCUT2D eigenvalue weighted by Gasteiger charge is -2.29. The molecule has 4 nitrogen and oxygen atoms in total. The van der Waals surface area contributed by atoms with E-state index in [1.807, 2.05) is 27.7 Å². The quantitative estimate of drug-likeness (QED) is 0.861. The molecular formula is C14H22N2O2S. The zero-order valence-corrected chi connectivity index (χ0v) is 12.8. The molecule has 1 amide bonds. The van der Waals surface area contributed by atoms with Crippen molar-refractivity contribution in [2.75, 3.05) is 6.54 Å². The minimum absolute atomic E-state index is 0.0607. The largest absolute Gasteiger partial charge is 0.444 e. The van der Waals surface area contributed by atoms with Crippen LogP contribution in [0.1, 0.15) is 49.1 Å². The molecule has 2 heterocycles. The standard InChI is InChI=1S/C14H22N2O2S/c1-9(15)11-7-10-5-6-16(8-12(10)19-11)13(17)18-14(2,3)4/h7,9H,5-6,8,15H2,1-4H3/t9-/m1/s1. The van der Waals surface area contributed by atoms with Gasteiger partial charge in [0, 0.05) is 22.3 Å². The topological polar surface area (TPSA) is 55.6 Å². The molecule has 1 aliphatic heterocycles. The van der Waals surface area contributed by atoms with Crippen LogP contribution in [0.4, 0.5) is 4.79 Å². The minimum Gasteiger partial charge on any atom is -0.444 e. The van der Waals surface area contributed by atoms with Gasteiger partial charge in [0.05, 0.1) is 6.54 Å². The third kappa shape index (κ3) is 3.48. The van der Waals surface area contributed by atoms with Gasteiger partial charge in [-0.2, -0.15) is 0 Å². The van der Waals surface area contributed by atoms with Crippen LogP contribution in [0.5, 0.6) is 0 Å². The van der Waals surface area contributed by atoms with Crippen molar-refractivity contribution >= 4 is 17.4 Å². The van der Waals surface area contributed by atoms with Crippen LogP contribution in [0, 0.1) is 0 Å². The zero-order chi connectivity index (χ0) is 14.2. The van der Waals surface area contributed by atoms with Gasteiger partial charge in [0.2, 0.25) is 0 Å². The fraction of sp³-hybridized carbons (Fsp3) is 0.643. The molecule has 0 spiro atoms. The fourth-order valence-corrected chi connectivity index (χ4v) is 3.23. The van der Waals surface area contributed by atoms with Crippen LogP contribution in [0.15, 0.2) is 6.07 Å². The van der Waals surface area contributed by atoms with Crippen molar-refractivity contribution in [3.05, 3.63) is 21.4 Å². The Kier molecular flexibility index (Phi) is 3.87. The number of thiophene rings is 1. The van der Waals surface area contributed by atoms with Crippen LogP contribution in [0.3, 0.4) is 0 Å². The Labute approximate surface area is 118 Å². The first-order chi connectivity index (χ1) is 8.76. The average molecular weight is 282 g/mol. The van der Waals surface area contributed by atoms with Crippen molar-refractivity contribution in [2.45, 2.75) is 52.3 Å². The predicted molar refractivity (Wildman–Crippen MR) is 77.3 cm³/mol. The summed E-state index contributed by atoms with van der Waals surface area (Å²) in [6.07, 6.45) is 0.659. The molecule has 1 aromatic heterocycles. The summed E-state index contributed by atoms with van der Waals surface area (Å²) < 4.78 is 5.41. The SMILES string of the molecule is C[C@@H](N)c1cc2c(s1)CN(C(=O)OC(C)(C)C)CC2. The van der Waals surface area contributed by atoms with E-state index < -0.39 is 5.60 Å². The maximum Gasteiger partial charge on any atom is 0.410 e. The average Bonchev–Trinajstić information content (AvgIpc) is 2.69. The Hall–Kier alpha value is -1.07. The molecule has 2 N–H and O–H groups in total. The number of amides is 1. The summed E-state index contributed by atoms with van der Waals surface area (Å²) in [6.45, 7) is 9.01. The molecule has 19 heavy (non-hydrogen) atoms. The van der Waals surface area contributed by atoms with Crippen LogP contribution in [0.25, 0.3) is 0 Å². The van der Waals surface area contributed by atoms with E-state index in [0.717, 1.165) is 13.0 Å². The third-order valence-electron chi connectivity index (χ3n) is 3.00. The first kappa shape index (κ1) is 14.3. The first-order valence-corrected chi connectivity index (χ1v) is 7.43. The highest BCUT2D eigenvalue weighted by Crippen LogP contribution is 2.31. The van der Waals surface area contributed by atoms with Gasteiger partial charge in [-0.15, -0.1) is 11.3 Å². The Morgan fingerprint density at radius 2 is 2.21 bits per heavy atom. The molecule has 1 aromatic rings. The summed E-state index contributed by atoms with van der Waals surface area (Å²) in [5.41, 5.74) is 6.80. The van der Waals surface area contributed by atoms with E-state index in [0.29, 0.717) is 6.54 Å². The van der Waals surface area contributed by atoms with Gasteiger partial charge in [-0.3, -0.25) is 0 Å². The molecule has 5 heteroatoms. The molecule has 0 bridgehead atoms. The van der Waals surface area contributed by atoms with E-state index >= 15 is 0 Å². The number of carbonyl (C=O) groups is 1. The molecular weight excluding hydrogens is 260 g/mol.